The Morgan fingerprint density at radius 3 is 2.68 bits per heavy atom. The molecule has 9 heteroatoms. The van der Waals surface area contributed by atoms with E-state index in [4.69, 9.17) is 0 Å². The fourth-order valence-corrected chi connectivity index (χ4v) is 3.49. The number of aryl methyl sites for hydroxylation is 1. The van der Waals surface area contributed by atoms with E-state index in [-0.39, 0.29) is 5.91 Å². The van der Waals surface area contributed by atoms with Gasteiger partial charge in [-0.3, -0.25) is 20.0 Å². The smallest absolute Gasteiger partial charge is 0.277 e. The Bertz CT molecular complexity index is 1130. The van der Waals surface area contributed by atoms with Crippen LogP contribution < -0.4 is 10.2 Å². The van der Waals surface area contributed by atoms with Crippen LogP contribution in [-0.4, -0.2) is 38.4 Å². The third-order valence-corrected chi connectivity index (χ3v) is 4.84. The Morgan fingerprint density at radius 2 is 1.93 bits per heavy atom. The van der Waals surface area contributed by atoms with Crippen molar-refractivity contribution < 1.29 is 9.59 Å². The maximum absolute atomic E-state index is 12.5. The van der Waals surface area contributed by atoms with Crippen LogP contribution in [-0.2, 0) is 18.3 Å². The lowest BCUT2D eigenvalue weighted by Crippen LogP contribution is -2.29. The molecule has 0 radical (unpaired) electrons. The molecule has 3 amide bonds. The maximum Gasteiger partial charge on any atom is 0.329 e. The van der Waals surface area contributed by atoms with Crippen LogP contribution in [0.4, 0.5) is 16.2 Å². The number of benzene rings is 2. The zero-order valence-electron chi connectivity index (χ0n) is 14.9. The van der Waals surface area contributed by atoms with Crippen LogP contribution in [0, 0.1) is 0 Å². The number of amides is 3. The Morgan fingerprint density at radius 1 is 1.11 bits per heavy atom. The summed E-state index contributed by atoms with van der Waals surface area (Å²) in [7, 11) is 1.69. The fourth-order valence-electron chi connectivity index (χ4n) is 3.49. The molecule has 0 saturated carbocycles. The van der Waals surface area contributed by atoms with E-state index in [0.29, 0.717) is 17.1 Å². The monoisotopic (exact) mass is 373 g/mol. The molecule has 2 aliphatic heterocycles. The van der Waals surface area contributed by atoms with Gasteiger partial charge in [0.25, 0.3) is 5.91 Å². The molecule has 1 N–H and O–H groups in total. The highest BCUT2D eigenvalue weighted by molar-refractivity contribution is 6.14. The zero-order chi connectivity index (χ0) is 19.3. The number of aromatic nitrogens is 4. The van der Waals surface area contributed by atoms with E-state index in [1.807, 2.05) is 36.5 Å². The molecule has 5 rings (SSSR count). The van der Waals surface area contributed by atoms with Crippen LogP contribution in [0.1, 0.15) is 17.2 Å². The van der Waals surface area contributed by atoms with Gasteiger partial charge in [-0.05, 0) is 28.5 Å². The molecule has 0 bridgehead atoms. The molecule has 0 aliphatic carbocycles. The molecule has 1 unspecified atom stereocenters. The minimum Gasteiger partial charge on any atom is -0.277 e. The van der Waals surface area contributed by atoms with Gasteiger partial charge in [-0.1, -0.05) is 30.3 Å². The summed E-state index contributed by atoms with van der Waals surface area (Å²) in [5, 5.41) is 14.4. The Balaban J connectivity index is 1.51. The standard InChI is InChI=1S/C19H15N7O2/c1-25-23-17(22-24-25)13-4-2-12(3-5-13)16-18(27)21-19(28)26(16)14-7-6-11-8-9-20-15(11)10-14/h2-7,9-10,16H,8H2,1H3,(H,21,27,28). The van der Waals surface area contributed by atoms with E-state index in [2.05, 4.69) is 25.7 Å². The number of nitrogens with zero attached hydrogens (tertiary/aromatic N) is 6. The summed E-state index contributed by atoms with van der Waals surface area (Å²) in [6.45, 7) is 0. The minimum absolute atomic E-state index is 0.362. The first-order chi connectivity index (χ1) is 13.6. The number of carbonyl (C=O) groups excluding carboxylic acids is 2. The van der Waals surface area contributed by atoms with Crippen molar-refractivity contribution in [1.82, 2.24) is 25.5 Å². The first kappa shape index (κ1) is 16.3. The molecule has 1 atom stereocenters. The van der Waals surface area contributed by atoms with Crippen molar-refractivity contribution in [3.05, 3.63) is 53.6 Å². The van der Waals surface area contributed by atoms with E-state index in [1.54, 1.807) is 19.2 Å². The summed E-state index contributed by atoms with van der Waals surface area (Å²) in [4.78, 5) is 32.2. The second kappa shape index (κ2) is 6.08. The number of hydrogen-bond donors (Lipinski definition) is 1. The van der Waals surface area contributed by atoms with Gasteiger partial charge in [0.15, 0.2) is 0 Å². The van der Waals surface area contributed by atoms with Crippen molar-refractivity contribution >= 4 is 29.5 Å². The molecule has 3 heterocycles. The van der Waals surface area contributed by atoms with Gasteiger partial charge >= 0.3 is 6.03 Å². The van der Waals surface area contributed by atoms with Gasteiger partial charge in [0.2, 0.25) is 5.82 Å². The number of aliphatic imine (C=N–C) groups is 1. The Kier molecular flexibility index (Phi) is 3.54. The molecule has 1 aromatic heterocycles. The second-order valence-corrected chi connectivity index (χ2v) is 6.62. The number of tetrazole rings is 1. The van der Waals surface area contributed by atoms with E-state index >= 15 is 0 Å². The maximum atomic E-state index is 12.5. The summed E-state index contributed by atoms with van der Waals surface area (Å²) in [6, 6.07) is 11.6. The number of imide groups is 1. The molecule has 1 fully saturated rings. The molecule has 28 heavy (non-hydrogen) atoms. The van der Waals surface area contributed by atoms with Crippen LogP contribution >= 0.6 is 0 Å². The topological polar surface area (TPSA) is 105 Å². The zero-order valence-corrected chi connectivity index (χ0v) is 14.9. The average molecular weight is 373 g/mol. The van der Waals surface area contributed by atoms with Gasteiger partial charge in [0.1, 0.15) is 6.04 Å². The van der Waals surface area contributed by atoms with Crippen molar-refractivity contribution in [2.75, 3.05) is 4.90 Å². The molecule has 1 saturated heterocycles. The van der Waals surface area contributed by atoms with Gasteiger partial charge in [-0.25, -0.2) is 4.79 Å². The van der Waals surface area contributed by atoms with E-state index < -0.39 is 12.1 Å². The van der Waals surface area contributed by atoms with Gasteiger partial charge in [0, 0.05) is 23.9 Å². The molecule has 9 nitrogen and oxygen atoms in total. The SMILES string of the molecule is Cn1nnc(-c2ccc(C3C(=O)NC(=O)N3c3ccc4c(c3)N=CC4)cc2)n1. The lowest BCUT2D eigenvalue weighted by atomic mass is 10.0. The highest BCUT2D eigenvalue weighted by Gasteiger charge is 2.40. The largest absolute Gasteiger partial charge is 0.329 e. The normalized spacial score (nSPS) is 17.9. The van der Waals surface area contributed by atoms with E-state index in [0.717, 1.165) is 23.2 Å². The van der Waals surface area contributed by atoms with Gasteiger partial charge in [-0.2, -0.15) is 4.80 Å². The molecule has 138 valence electrons. The Labute approximate surface area is 159 Å². The van der Waals surface area contributed by atoms with Crippen LogP contribution in [0.25, 0.3) is 11.4 Å². The average Bonchev–Trinajstić information content (AvgIpc) is 3.40. The number of urea groups is 1. The predicted octanol–water partition coefficient (Wildman–Crippen LogP) is 1.93. The number of rotatable bonds is 3. The van der Waals surface area contributed by atoms with Crippen molar-refractivity contribution in [3.63, 3.8) is 0 Å². The minimum atomic E-state index is -0.750. The first-order valence-corrected chi connectivity index (χ1v) is 8.74. The predicted molar refractivity (Wildman–Crippen MR) is 101 cm³/mol. The van der Waals surface area contributed by atoms with Crippen LogP contribution in [0.3, 0.4) is 0 Å². The highest BCUT2D eigenvalue weighted by atomic mass is 16.2. The third kappa shape index (κ3) is 2.56. The lowest BCUT2D eigenvalue weighted by Gasteiger charge is -2.22. The summed E-state index contributed by atoms with van der Waals surface area (Å²) in [5.74, 6) is 0.133. The number of hydrogen-bond acceptors (Lipinski definition) is 6. The quantitative estimate of drug-likeness (QED) is 0.706. The van der Waals surface area contributed by atoms with E-state index in [9.17, 15) is 9.59 Å². The van der Waals surface area contributed by atoms with E-state index in [1.165, 1.54) is 9.70 Å². The highest BCUT2D eigenvalue weighted by Crippen LogP contribution is 2.36. The van der Waals surface area contributed by atoms with Crippen LogP contribution in [0.15, 0.2) is 47.5 Å². The van der Waals surface area contributed by atoms with Crippen molar-refractivity contribution in [2.24, 2.45) is 12.0 Å². The fraction of sp³-hybridized carbons (Fsp3) is 0.158. The van der Waals surface area contributed by atoms with Crippen LogP contribution in [0.5, 0.6) is 0 Å². The molecule has 0 spiro atoms. The van der Waals surface area contributed by atoms with Gasteiger partial charge < -0.3 is 0 Å². The van der Waals surface area contributed by atoms with Gasteiger partial charge in [-0.15, -0.1) is 10.2 Å². The molecule has 2 aromatic carbocycles. The number of anilines is 1. The molecular weight excluding hydrogens is 358 g/mol. The van der Waals surface area contributed by atoms with Crippen molar-refractivity contribution in [2.45, 2.75) is 12.5 Å². The first-order valence-electron chi connectivity index (χ1n) is 8.74. The van der Waals surface area contributed by atoms with Crippen molar-refractivity contribution in [1.29, 1.82) is 0 Å². The second-order valence-electron chi connectivity index (χ2n) is 6.62. The number of carbonyl (C=O) groups is 2. The summed E-state index contributed by atoms with van der Waals surface area (Å²) in [6.07, 6.45) is 2.61. The lowest BCUT2D eigenvalue weighted by molar-refractivity contribution is -0.119. The molecule has 3 aromatic rings. The van der Waals surface area contributed by atoms with Crippen LogP contribution in [0.2, 0.25) is 0 Å². The summed E-state index contributed by atoms with van der Waals surface area (Å²) < 4.78 is 0. The van der Waals surface area contributed by atoms with Gasteiger partial charge in [0.05, 0.1) is 12.7 Å². The molecule has 2 aliphatic rings. The molecular formula is C19H15N7O2. The Hall–Kier alpha value is -3.88. The third-order valence-electron chi connectivity index (χ3n) is 4.84. The number of nitrogens with one attached hydrogen (secondary N) is 1. The summed E-state index contributed by atoms with van der Waals surface area (Å²) >= 11 is 0. The number of fused-ring (bicyclic) bond motifs is 1. The summed E-state index contributed by atoms with van der Waals surface area (Å²) in [5.41, 5.74) is 4.03. The van der Waals surface area contributed by atoms with Crippen molar-refractivity contribution in [3.8, 4) is 11.4 Å².